The Morgan fingerprint density at radius 3 is 2.79 bits per heavy atom. The van der Waals surface area contributed by atoms with Crippen LogP contribution in [0.2, 0.25) is 0 Å². The van der Waals surface area contributed by atoms with Crippen LogP contribution >= 0.6 is 24.0 Å². The number of fused-ring (bicyclic) bond motifs is 1. The van der Waals surface area contributed by atoms with Gasteiger partial charge in [-0.2, -0.15) is 0 Å². The number of halogens is 1. The van der Waals surface area contributed by atoms with E-state index in [0.717, 1.165) is 56.5 Å². The fraction of sp³-hybridized carbons (Fsp3) is 0.619. The summed E-state index contributed by atoms with van der Waals surface area (Å²) in [6.07, 6.45) is 2.04. The minimum Gasteiger partial charge on any atom is -0.482 e. The maximum atomic E-state index is 12.3. The molecule has 1 unspecified atom stereocenters. The van der Waals surface area contributed by atoms with Crippen LogP contribution in [0.5, 0.6) is 5.75 Å². The number of guanidine groups is 1. The Hall–Kier alpha value is -1.55. The molecule has 1 aromatic rings. The fourth-order valence-corrected chi connectivity index (χ4v) is 4.14. The third kappa shape index (κ3) is 5.75. The molecule has 0 saturated carbocycles. The number of hydrogen-bond acceptors (Lipinski definition) is 4. The SMILES string of the molecule is CCN(CC)C1CCN(C(=NC)NCCCN2C(=O)COc3ccccc32)C1.I. The van der Waals surface area contributed by atoms with E-state index in [-0.39, 0.29) is 36.5 Å². The minimum absolute atomic E-state index is 0. The Labute approximate surface area is 191 Å². The van der Waals surface area contributed by atoms with Crippen molar-refractivity contribution >= 4 is 41.5 Å². The van der Waals surface area contributed by atoms with Crippen LogP contribution in [0.1, 0.15) is 26.7 Å². The second kappa shape index (κ2) is 11.6. The number of amides is 1. The first-order valence-corrected chi connectivity index (χ1v) is 10.4. The molecule has 0 radical (unpaired) electrons. The van der Waals surface area contributed by atoms with Crippen molar-refractivity contribution in [1.29, 1.82) is 0 Å². The summed E-state index contributed by atoms with van der Waals surface area (Å²) in [5.74, 6) is 1.76. The highest BCUT2D eigenvalue weighted by molar-refractivity contribution is 14.0. The van der Waals surface area contributed by atoms with Gasteiger partial charge in [0.2, 0.25) is 0 Å². The highest BCUT2D eigenvalue weighted by Crippen LogP contribution is 2.31. The molecule has 1 amide bonds. The molecule has 8 heteroatoms. The van der Waals surface area contributed by atoms with Crippen molar-refractivity contribution in [3.63, 3.8) is 0 Å². The van der Waals surface area contributed by atoms with Crippen molar-refractivity contribution in [3.05, 3.63) is 24.3 Å². The molecular weight excluding hydrogens is 481 g/mol. The summed E-state index contributed by atoms with van der Waals surface area (Å²) in [4.78, 5) is 23.4. The van der Waals surface area contributed by atoms with E-state index < -0.39 is 0 Å². The van der Waals surface area contributed by atoms with Gasteiger partial charge in [0, 0.05) is 39.3 Å². The number of para-hydroxylation sites is 2. The second-order valence-corrected chi connectivity index (χ2v) is 7.24. The molecule has 0 spiro atoms. The van der Waals surface area contributed by atoms with Crippen molar-refractivity contribution in [2.45, 2.75) is 32.7 Å². The van der Waals surface area contributed by atoms with Crippen LogP contribution < -0.4 is 15.0 Å². The van der Waals surface area contributed by atoms with Crippen molar-refractivity contribution in [2.75, 3.05) is 57.8 Å². The summed E-state index contributed by atoms with van der Waals surface area (Å²) in [6.45, 7) is 10.3. The number of rotatable bonds is 7. The van der Waals surface area contributed by atoms with Gasteiger partial charge in [-0.1, -0.05) is 26.0 Å². The third-order valence-electron chi connectivity index (χ3n) is 5.65. The molecule has 2 heterocycles. The van der Waals surface area contributed by atoms with E-state index in [1.165, 1.54) is 6.42 Å². The number of hydrogen-bond donors (Lipinski definition) is 1. The van der Waals surface area contributed by atoms with Crippen LogP contribution in [-0.2, 0) is 4.79 Å². The molecular formula is C21H34IN5O2. The molecule has 1 saturated heterocycles. The lowest BCUT2D eigenvalue weighted by atomic mass is 10.2. The Morgan fingerprint density at radius 2 is 2.07 bits per heavy atom. The van der Waals surface area contributed by atoms with Gasteiger partial charge in [-0.15, -0.1) is 24.0 Å². The lowest BCUT2D eigenvalue weighted by molar-refractivity contribution is -0.121. The largest absolute Gasteiger partial charge is 0.482 e. The first-order valence-electron chi connectivity index (χ1n) is 10.4. The number of aliphatic imine (C=N–C) groups is 1. The number of likely N-dealkylation sites (N-methyl/N-ethyl adjacent to an activating group) is 1. The molecule has 7 nitrogen and oxygen atoms in total. The summed E-state index contributed by atoms with van der Waals surface area (Å²) in [5.41, 5.74) is 0.865. The number of anilines is 1. The van der Waals surface area contributed by atoms with Gasteiger partial charge in [0.1, 0.15) is 5.75 Å². The standard InChI is InChI=1S/C21H33N5O2.HI/c1-4-24(5-2)17-11-14-25(15-17)21(22-3)23-12-8-13-26-18-9-6-7-10-19(18)28-16-20(26)27;/h6-7,9-10,17H,4-5,8,11-16H2,1-3H3,(H,22,23);1H. The zero-order valence-corrected chi connectivity index (χ0v) is 20.1. The molecule has 2 aliphatic heterocycles. The minimum atomic E-state index is 0. The number of nitrogens with zero attached hydrogens (tertiary/aromatic N) is 4. The van der Waals surface area contributed by atoms with E-state index in [4.69, 9.17) is 4.74 Å². The predicted molar refractivity (Wildman–Crippen MR) is 129 cm³/mol. The van der Waals surface area contributed by atoms with E-state index in [0.29, 0.717) is 12.6 Å². The zero-order valence-electron chi connectivity index (χ0n) is 17.8. The molecule has 0 aliphatic carbocycles. The Bertz CT molecular complexity index is 695. The number of likely N-dealkylation sites (tertiary alicyclic amines) is 1. The number of carbonyl (C=O) groups is 1. The van der Waals surface area contributed by atoms with Gasteiger partial charge in [0.15, 0.2) is 12.6 Å². The molecule has 29 heavy (non-hydrogen) atoms. The van der Waals surface area contributed by atoms with Crippen LogP contribution in [-0.4, -0.2) is 80.6 Å². The van der Waals surface area contributed by atoms with Crippen LogP contribution in [0.4, 0.5) is 5.69 Å². The quantitative estimate of drug-likeness (QED) is 0.262. The average molecular weight is 515 g/mol. The van der Waals surface area contributed by atoms with Gasteiger partial charge in [-0.05, 0) is 38.1 Å². The van der Waals surface area contributed by atoms with Crippen LogP contribution in [0.25, 0.3) is 0 Å². The van der Waals surface area contributed by atoms with Crippen LogP contribution in [0, 0.1) is 0 Å². The molecule has 162 valence electrons. The number of carbonyl (C=O) groups excluding carboxylic acids is 1. The van der Waals surface area contributed by atoms with Crippen molar-refractivity contribution < 1.29 is 9.53 Å². The number of ether oxygens (including phenoxy) is 1. The fourth-order valence-electron chi connectivity index (χ4n) is 4.14. The van der Waals surface area contributed by atoms with E-state index in [1.807, 2.05) is 36.2 Å². The van der Waals surface area contributed by atoms with Gasteiger partial charge in [-0.25, -0.2) is 0 Å². The zero-order chi connectivity index (χ0) is 19.9. The van der Waals surface area contributed by atoms with Gasteiger partial charge in [-0.3, -0.25) is 14.7 Å². The molecule has 1 atom stereocenters. The van der Waals surface area contributed by atoms with Gasteiger partial charge in [0.25, 0.3) is 5.91 Å². The van der Waals surface area contributed by atoms with Gasteiger partial charge in [0.05, 0.1) is 5.69 Å². The lowest BCUT2D eigenvalue weighted by Crippen LogP contribution is -2.44. The molecule has 0 aromatic heterocycles. The van der Waals surface area contributed by atoms with E-state index >= 15 is 0 Å². The highest BCUT2D eigenvalue weighted by atomic mass is 127. The summed E-state index contributed by atoms with van der Waals surface area (Å²) in [6, 6.07) is 8.33. The van der Waals surface area contributed by atoms with E-state index in [9.17, 15) is 4.79 Å². The molecule has 1 N–H and O–H groups in total. The Morgan fingerprint density at radius 1 is 1.31 bits per heavy atom. The number of benzene rings is 1. The van der Waals surface area contributed by atoms with Gasteiger partial charge >= 0.3 is 0 Å². The summed E-state index contributed by atoms with van der Waals surface area (Å²) in [5, 5.41) is 3.47. The smallest absolute Gasteiger partial charge is 0.265 e. The topological polar surface area (TPSA) is 60.4 Å². The summed E-state index contributed by atoms with van der Waals surface area (Å²) < 4.78 is 5.51. The third-order valence-corrected chi connectivity index (χ3v) is 5.65. The normalized spacial score (nSPS) is 19.1. The Balaban J connectivity index is 0.00000300. The maximum absolute atomic E-state index is 12.3. The average Bonchev–Trinajstić information content (AvgIpc) is 3.20. The van der Waals surface area contributed by atoms with Crippen molar-refractivity contribution in [3.8, 4) is 5.75 Å². The summed E-state index contributed by atoms with van der Waals surface area (Å²) in [7, 11) is 1.84. The first-order chi connectivity index (χ1) is 13.7. The molecule has 2 aliphatic rings. The van der Waals surface area contributed by atoms with E-state index in [1.54, 1.807) is 0 Å². The van der Waals surface area contributed by atoms with Crippen molar-refractivity contribution in [2.24, 2.45) is 4.99 Å². The van der Waals surface area contributed by atoms with Crippen LogP contribution in [0.3, 0.4) is 0 Å². The number of nitrogens with one attached hydrogen (secondary N) is 1. The predicted octanol–water partition coefficient (Wildman–Crippen LogP) is 2.41. The van der Waals surface area contributed by atoms with Crippen LogP contribution in [0.15, 0.2) is 29.3 Å². The monoisotopic (exact) mass is 515 g/mol. The van der Waals surface area contributed by atoms with Crippen molar-refractivity contribution in [1.82, 2.24) is 15.1 Å². The van der Waals surface area contributed by atoms with E-state index in [2.05, 4.69) is 34.0 Å². The lowest BCUT2D eigenvalue weighted by Gasteiger charge is -2.29. The molecule has 1 aromatic carbocycles. The van der Waals surface area contributed by atoms with Gasteiger partial charge < -0.3 is 19.9 Å². The summed E-state index contributed by atoms with van der Waals surface area (Å²) >= 11 is 0. The molecule has 1 fully saturated rings. The molecule has 0 bridgehead atoms. The first kappa shape index (κ1) is 23.7. The molecule has 3 rings (SSSR count). The second-order valence-electron chi connectivity index (χ2n) is 7.24. The Kier molecular flexibility index (Phi) is 9.48. The maximum Gasteiger partial charge on any atom is 0.265 e. The highest BCUT2D eigenvalue weighted by Gasteiger charge is 2.28.